The zero-order chi connectivity index (χ0) is 35.0. The van der Waals surface area contributed by atoms with Crippen molar-refractivity contribution in [3.05, 3.63) is 119 Å². The first-order valence-corrected chi connectivity index (χ1v) is 17.1. The average molecular weight is 696 g/mol. The lowest BCUT2D eigenvalue weighted by atomic mass is 9.99. The number of aliphatic hydroxyl groups is 1. The molecule has 0 spiro atoms. The second-order valence-corrected chi connectivity index (χ2v) is 12.8. The molecule has 12 nitrogen and oxygen atoms in total. The number of carbonyl (C=O) groups is 2. The number of hydrogen-bond acceptors (Lipinski definition) is 11. The molecule has 1 saturated heterocycles. The number of rotatable bonds is 12. The molecule has 5 aromatic rings. The maximum atomic E-state index is 12.4. The molecule has 0 bridgehead atoms. The number of hydrogen-bond donors (Lipinski definition) is 3. The van der Waals surface area contributed by atoms with E-state index in [4.69, 9.17) is 14.2 Å². The van der Waals surface area contributed by atoms with E-state index in [1.807, 2.05) is 72.8 Å². The number of aromatic hydroxyl groups is 1. The molecule has 4 unspecified atom stereocenters. The first-order valence-electron chi connectivity index (χ1n) is 16.1. The van der Waals surface area contributed by atoms with Crippen LogP contribution >= 0.6 is 11.8 Å². The van der Waals surface area contributed by atoms with Gasteiger partial charge in [-0.15, -0.1) is 5.10 Å². The first-order chi connectivity index (χ1) is 24.2. The molecular formula is C37H37N5O7S. The molecule has 50 heavy (non-hydrogen) atoms. The lowest BCUT2D eigenvalue weighted by Gasteiger charge is -2.36. The summed E-state index contributed by atoms with van der Waals surface area (Å²) in [6.45, 7) is 3.04. The van der Waals surface area contributed by atoms with E-state index in [-0.39, 0.29) is 37.0 Å². The van der Waals surface area contributed by atoms with Gasteiger partial charge in [-0.25, -0.2) is 0 Å². The molecule has 1 aliphatic rings. The van der Waals surface area contributed by atoms with Crippen molar-refractivity contribution in [2.45, 2.75) is 63.2 Å². The Morgan fingerprint density at radius 3 is 2.44 bits per heavy atom. The molecule has 1 aliphatic heterocycles. The maximum absolute atomic E-state index is 12.4. The van der Waals surface area contributed by atoms with Crippen molar-refractivity contribution < 1.29 is 34.0 Å². The molecule has 0 radical (unpaired) electrons. The number of carbonyl (C=O) groups excluding carboxylic acids is 2. The van der Waals surface area contributed by atoms with Gasteiger partial charge in [-0.05, 0) is 81.6 Å². The summed E-state index contributed by atoms with van der Waals surface area (Å²) in [6, 6.07) is 30.2. The van der Waals surface area contributed by atoms with Crippen LogP contribution in [0.1, 0.15) is 54.9 Å². The third-order valence-electron chi connectivity index (χ3n) is 8.15. The zero-order valence-corrected chi connectivity index (χ0v) is 28.3. The predicted octanol–water partition coefficient (Wildman–Crippen LogP) is 5.43. The number of nitrogens with zero attached hydrogens (tertiary/aromatic N) is 4. The highest BCUT2D eigenvalue weighted by atomic mass is 32.2. The van der Waals surface area contributed by atoms with Gasteiger partial charge in [0.15, 0.2) is 12.4 Å². The Morgan fingerprint density at radius 2 is 1.70 bits per heavy atom. The number of esters is 1. The van der Waals surface area contributed by atoms with Gasteiger partial charge < -0.3 is 29.7 Å². The Hall–Kier alpha value is -5.08. The van der Waals surface area contributed by atoms with Gasteiger partial charge in [0.2, 0.25) is 5.16 Å². The highest BCUT2D eigenvalue weighted by Crippen LogP contribution is 2.40. The molecule has 13 heteroatoms. The van der Waals surface area contributed by atoms with Gasteiger partial charge in [-0.2, -0.15) is 4.68 Å². The van der Waals surface area contributed by atoms with E-state index in [9.17, 15) is 19.8 Å². The van der Waals surface area contributed by atoms with E-state index in [1.54, 1.807) is 28.9 Å². The summed E-state index contributed by atoms with van der Waals surface area (Å²) in [5.41, 5.74) is 6.16. The van der Waals surface area contributed by atoms with E-state index in [0.717, 1.165) is 39.1 Å². The number of benzene rings is 4. The van der Waals surface area contributed by atoms with Gasteiger partial charge in [0.05, 0.1) is 24.5 Å². The summed E-state index contributed by atoms with van der Waals surface area (Å²) < 4.78 is 19.8. The van der Waals surface area contributed by atoms with Crippen molar-refractivity contribution in [3.8, 4) is 22.6 Å². The van der Waals surface area contributed by atoms with Crippen molar-refractivity contribution in [1.29, 1.82) is 0 Å². The largest absolute Gasteiger partial charge is 0.508 e. The zero-order valence-electron chi connectivity index (χ0n) is 27.5. The Bertz CT molecular complexity index is 1920. The van der Waals surface area contributed by atoms with Gasteiger partial charge in [-0.3, -0.25) is 9.59 Å². The van der Waals surface area contributed by atoms with Crippen LogP contribution in [0.4, 0.5) is 0 Å². The molecule has 1 aromatic heterocycles. The highest BCUT2D eigenvalue weighted by molar-refractivity contribution is 7.99. The number of ether oxygens (including phenoxy) is 3. The lowest BCUT2D eigenvalue weighted by molar-refractivity contribution is -0.245. The highest BCUT2D eigenvalue weighted by Gasteiger charge is 2.33. The Balaban J connectivity index is 1.20. The minimum atomic E-state index is -0.879. The molecule has 4 atom stereocenters. The third kappa shape index (κ3) is 8.74. The van der Waals surface area contributed by atoms with Crippen LogP contribution in [-0.2, 0) is 37.0 Å². The predicted molar refractivity (Wildman–Crippen MR) is 185 cm³/mol. The van der Waals surface area contributed by atoms with Crippen LogP contribution in [0.15, 0.2) is 102 Å². The molecule has 3 N–H and O–H groups in total. The van der Waals surface area contributed by atoms with Crippen LogP contribution in [0.3, 0.4) is 0 Å². The molecule has 2 heterocycles. The molecule has 1 amide bonds. The summed E-state index contributed by atoms with van der Waals surface area (Å²) in [5, 5.41) is 34.9. The van der Waals surface area contributed by atoms with Gasteiger partial charge in [-0.1, -0.05) is 72.4 Å². The summed E-state index contributed by atoms with van der Waals surface area (Å²) >= 11 is 1.47. The lowest BCUT2D eigenvalue weighted by Crippen LogP contribution is -2.35. The van der Waals surface area contributed by atoms with Gasteiger partial charge >= 0.3 is 5.97 Å². The molecule has 0 saturated carbocycles. The Labute approximate surface area is 293 Å². The fourth-order valence-electron chi connectivity index (χ4n) is 5.58. The number of phenolic OH excluding ortho intramolecular Hbond substituents is 1. The molecule has 258 valence electrons. The topological polar surface area (TPSA) is 158 Å². The van der Waals surface area contributed by atoms with Crippen molar-refractivity contribution in [2.24, 2.45) is 0 Å². The van der Waals surface area contributed by atoms with E-state index >= 15 is 0 Å². The van der Waals surface area contributed by atoms with Crippen molar-refractivity contribution in [1.82, 2.24) is 25.5 Å². The van der Waals surface area contributed by atoms with Crippen LogP contribution in [-0.4, -0.2) is 60.3 Å². The summed E-state index contributed by atoms with van der Waals surface area (Å²) in [4.78, 5) is 23.6. The normalized spacial score (nSPS) is 17.9. The van der Waals surface area contributed by atoms with Gasteiger partial charge in [0, 0.05) is 31.2 Å². The van der Waals surface area contributed by atoms with Gasteiger partial charge in [0.1, 0.15) is 5.75 Å². The summed E-state index contributed by atoms with van der Waals surface area (Å²) in [7, 11) is 0. The quantitative estimate of drug-likeness (QED) is 0.113. The van der Waals surface area contributed by atoms with Crippen LogP contribution in [0.5, 0.6) is 5.75 Å². The first kappa shape index (κ1) is 34.8. The monoisotopic (exact) mass is 695 g/mol. The van der Waals surface area contributed by atoms with Crippen LogP contribution < -0.4 is 5.32 Å². The molecular weight excluding hydrogens is 659 g/mol. The molecule has 6 rings (SSSR count). The van der Waals surface area contributed by atoms with Crippen molar-refractivity contribution in [3.63, 3.8) is 0 Å². The minimum Gasteiger partial charge on any atom is -0.508 e. The number of aliphatic hydroxyl groups excluding tert-OH is 1. The summed E-state index contributed by atoms with van der Waals surface area (Å²) in [5.74, 6) is -0.176. The Morgan fingerprint density at radius 1 is 0.960 bits per heavy atom. The second-order valence-electron chi connectivity index (χ2n) is 11.8. The summed E-state index contributed by atoms with van der Waals surface area (Å²) in [6.07, 6.45) is -1.46. The minimum absolute atomic E-state index is 0.0413. The average Bonchev–Trinajstić information content (AvgIpc) is 3.62. The number of phenols is 1. The van der Waals surface area contributed by atoms with Crippen LogP contribution in [0.2, 0.25) is 0 Å². The van der Waals surface area contributed by atoms with Crippen molar-refractivity contribution in [2.75, 3.05) is 5.75 Å². The number of thioether (sulfide) groups is 1. The fraction of sp³-hybridized carbons (Fsp3) is 0.270. The smallest absolute Gasteiger partial charge is 0.303 e. The molecule has 0 aliphatic carbocycles. The van der Waals surface area contributed by atoms with E-state index < -0.39 is 18.4 Å². The van der Waals surface area contributed by atoms with Crippen LogP contribution in [0, 0.1) is 0 Å². The SMILES string of the molecule is CC(=O)OC(C)C(=O)NCc1cccc(-c2cccc(C3OC(CSc4nnnn4-c4ccc(O)cc4)CC(c4ccc(CO)cc4)O3)c2)c1. The van der Waals surface area contributed by atoms with Crippen LogP contribution in [0.25, 0.3) is 16.8 Å². The van der Waals surface area contributed by atoms with E-state index in [0.29, 0.717) is 17.3 Å². The molecule has 4 aromatic carbocycles. The number of aromatic nitrogens is 4. The molecule has 1 fully saturated rings. The van der Waals surface area contributed by atoms with Gasteiger partial charge in [0.25, 0.3) is 5.91 Å². The standard InChI is InChI=1S/C37H37N5O7S/c1-23(47-24(2)44)35(46)38-20-26-5-3-6-28(17-26)29-7-4-8-30(18-29)36-48-33(19-34(49-36)27-11-9-25(21-43)10-12-27)22-50-37-39-40-41-42(37)31-13-15-32(45)16-14-31/h3-18,23,33-34,36,43,45H,19-22H2,1-2H3,(H,38,46). The third-order valence-corrected chi connectivity index (χ3v) is 9.20. The maximum Gasteiger partial charge on any atom is 0.303 e. The number of nitrogens with one attached hydrogen (secondary N) is 1. The Kier molecular flexibility index (Phi) is 11.2. The second kappa shape index (κ2) is 16.1. The van der Waals surface area contributed by atoms with E-state index in [2.05, 4.69) is 20.8 Å². The number of tetrazole rings is 1. The number of amides is 1. The van der Waals surface area contributed by atoms with Crippen molar-refractivity contribution >= 4 is 23.6 Å². The fourth-order valence-corrected chi connectivity index (χ4v) is 6.48. The van der Waals surface area contributed by atoms with E-state index in [1.165, 1.54) is 25.6 Å².